The zero-order valence-electron chi connectivity index (χ0n) is 13.1. The molecule has 0 aliphatic rings. The van der Waals surface area contributed by atoms with Gasteiger partial charge in [0.1, 0.15) is 6.33 Å². The molecular weight excluding hydrogens is 310 g/mol. The van der Waals surface area contributed by atoms with Gasteiger partial charge in [-0.3, -0.25) is 9.29 Å². The lowest BCUT2D eigenvalue weighted by Gasteiger charge is -2.11. The molecule has 0 saturated carbocycles. The lowest BCUT2D eigenvalue weighted by Crippen LogP contribution is -2.19. The number of nitrogens with zero attached hydrogens (tertiary/aromatic N) is 2. The summed E-state index contributed by atoms with van der Waals surface area (Å²) in [4.78, 5) is 4.36. The van der Waals surface area contributed by atoms with Crippen molar-refractivity contribution < 1.29 is 8.42 Å². The summed E-state index contributed by atoms with van der Waals surface area (Å²) in [6.07, 6.45) is 1.77. The van der Waals surface area contributed by atoms with Crippen molar-refractivity contribution in [1.29, 1.82) is 0 Å². The number of nitrogens with one attached hydrogen (secondary N) is 1. The van der Waals surface area contributed by atoms with E-state index in [4.69, 9.17) is 0 Å². The maximum absolute atomic E-state index is 12.0. The van der Waals surface area contributed by atoms with Gasteiger partial charge in [0.15, 0.2) is 0 Å². The minimum atomic E-state index is -3.30. The largest absolute Gasteiger partial charge is 0.299 e. The van der Waals surface area contributed by atoms with Gasteiger partial charge in [0.25, 0.3) is 0 Å². The smallest absolute Gasteiger partial charge is 0.232 e. The number of imidazole rings is 1. The summed E-state index contributed by atoms with van der Waals surface area (Å²) >= 11 is 0. The summed E-state index contributed by atoms with van der Waals surface area (Å²) in [5.41, 5.74) is 3.44. The molecule has 0 fully saturated rings. The van der Waals surface area contributed by atoms with Crippen LogP contribution in [0.5, 0.6) is 0 Å². The number of aromatic nitrogens is 2. The van der Waals surface area contributed by atoms with Crippen molar-refractivity contribution in [3.8, 4) is 5.69 Å². The van der Waals surface area contributed by atoms with Crippen molar-refractivity contribution in [2.75, 3.05) is 10.5 Å². The highest BCUT2D eigenvalue weighted by Crippen LogP contribution is 2.20. The molecule has 1 heterocycles. The summed E-state index contributed by atoms with van der Waals surface area (Å²) in [6.45, 7) is 3.76. The fraction of sp³-hybridized carbons (Fsp3) is 0.235. The molecule has 1 N–H and O–H groups in total. The molecule has 0 radical (unpaired) electrons. The third kappa shape index (κ3) is 3.53. The minimum Gasteiger partial charge on any atom is -0.299 e. The monoisotopic (exact) mass is 329 g/mol. The van der Waals surface area contributed by atoms with E-state index < -0.39 is 10.0 Å². The molecule has 6 heteroatoms. The van der Waals surface area contributed by atoms with Gasteiger partial charge in [-0.05, 0) is 42.3 Å². The number of sulfonamides is 1. The lowest BCUT2D eigenvalue weighted by molar-refractivity contribution is 0.587. The third-order valence-corrected chi connectivity index (χ3v) is 5.08. The quantitative estimate of drug-likeness (QED) is 0.780. The number of hydrogen-bond acceptors (Lipinski definition) is 3. The highest BCUT2D eigenvalue weighted by molar-refractivity contribution is 7.92. The van der Waals surface area contributed by atoms with Gasteiger partial charge in [0.05, 0.1) is 16.8 Å². The molecule has 0 aliphatic carbocycles. The van der Waals surface area contributed by atoms with Crippen molar-refractivity contribution in [3.05, 3.63) is 54.9 Å². The van der Waals surface area contributed by atoms with Crippen molar-refractivity contribution in [2.24, 2.45) is 5.92 Å². The van der Waals surface area contributed by atoms with Gasteiger partial charge in [-0.15, -0.1) is 0 Å². The predicted molar refractivity (Wildman–Crippen MR) is 93.3 cm³/mol. The Labute approximate surface area is 136 Å². The summed E-state index contributed by atoms with van der Waals surface area (Å²) in [5.74, 6) is 0.199. The molecule has 2 aromatic carbocycles. The molecule has 5 nitrogen and oxygen atoms in total. The number of fused-ring (bicyclic) bond motifs is 1. The van der Waals surface area contributed by atoms with E-state index in [1.54, 1.807) is 18.5 Å². The molecule has 0 bridgehead atoms. The molecule has 1 aromatic heterocycles. The van der Waals surface area contributed by atoms with Crippen LogP contribution < -0.4 is 4.72 Å². The van der Waals surface area contributed by atoms with E-state index in [9.17, 15) is 8.42 Å². The SMILES string of the molecule is CC(C)CS(=O)(=O)Nc1ccc(-n2cnc3ccccc32)cc1. The molecule has 0 spiro atoms. The first-order chi connectivity index (χ1) is 10.9. The number of para-hydroxylation sites is 2. The van der Waals surface area contributed by atoms with Crippen molar-refractivity contribution in [1.82, 2.24) is 9.55 Å². The van der Waals surface area contributed by atoms with Crippen LogP contribution in [0.2, 0.25) is 0 Å². The van der Waals surface area contributed by atoms with E-state index in [1.807, 2.05) is 54.8 Å². The Hall–Kier alpha value is -2.34. The van der Waals surface area contributed by atoms with Crippen molar-refractivity contribution >= 4 is 26.7 Å². The Balaban J connectivity index is 1.85. The van der Waals surface area contributed by atoms with Crippen LogP contribution in [0, 0.1) is 5.92 Å². The zero-order valence-corrected chi connectivity index (χ0v) is 13.9. The average molecular weight is 329 g/mol. The van der Waals surface area contributed by atoms with E-state index in [-0.39, 0.29) is 11.7 Å². The van der Waals surface area contributed by atoms with Crippen LogP contribution in [0.15, 0.2) is 54.9 Å². The summed E-state index contributed by atoms with van der Waals surface area (Å²) in [7, 11) is -3.30. The fourth-order valence-electron chi connectivity index (χ4n) is 2.52. The zero-order chi connectivity index (χ0) is 16.4. The van der Waals surface area contributed by atoms with Crippen LogP contribution in [-0.2, 0) is 10.0 Å². The second kappa shape index (κ2) is 6.04. The summed E-state index contributed by atoms with van der Waals surface area (Å²) < 4.78 is 28.5. The number of hydrogen-bond donors (Lipinski definition) is 1. The second-order valence-electron chi connectivity index (χ2n) is 5.93. The van der Waals surface area contributed by atoms with Crippen LogP contribution in [-0.4, -0.2) is 23.7 Å². The molecule has 3 aromatic rings. The summed E-state index contributed by atoms with van der Waals surface area (Å²) in [5, 5.41) is 0. The van der Waals surface area contributed by atoms with E-state index in [1.165, 1.54) is 0 Å². The van der Waals surface area contributed by atoms with Gasteiger partial charge >= 0.3 is 0 Å². The van der Waals surface area contributed by atoms with E-state index >= 15 is 0 Å². The molecule has 120 valence electrons. The van der Waals surface area contributed by atoms with E-state index in [0.717, 1.165) is 16.7 Å². The molecular formula is C17H19N3O2S. The van der Waals surface area contributed by atoms with Gasteiger partial charge in [0.2, 0.25) is 10.0 Å². The van der Waals surface area contributed by atoms with Gasteiger partial charge in [-0.25, -0.2) is 13.4 Å². The Morgan fingerprint density at radius 3 is 2.48 bits per heavy atom. The first-order valence-electron chi connectivity index (χ1n) is 7.48. The lowest BCUT2D eigenvalue weighted by atomic mass is 10.2. The molecule has 0 atom stereocenters. The average Bonchev–Trinajstić information content (AvgIpc) is 2.90. The van der Waals surface area contributed by atoms with Crippen molar-refractivity contribution in [2.45, 2.75) is 13.8 Å². The molecule has 0 aliphatic heterocycles. The van der Waals surface area contributed by atoms with Crippen molar-refractivity contribution in [3.63, 3.8) is 0 Å². The van der Waals surface area contributed by atoms with Gasteiger partial charge in [0, 0.05) is 11.4 Å². The van der Waals surface area contributed by atoms with Crippen LogP contribution in [0.1, 0.15) is 13.8 Å². The van der Waals surface area contributed by atoms with Crippen LogP contribution in [0.3, 0.4) is 0 Å². The van der Waals surface area contributed by atoms with Gasteiger partial charge in [-0.1, -0.05) is 26.0 Å². The highest BCUT2D eigenvalue weighted by Gasteiger charge is 2.13. The van der Waals surface area contributed by atoms with E-state index in [0.29, 0.717) is 5.69 Å². The first-order valence-corrected chi connectivity index (χ1v) is 9.13. The third-order valence-electron chi connectivity index (χ3n) is 3.43. The molecule has 0 amide bonds. The molecule has 3 rings (SSSR count). The highest BCUT2D eigenvalue weighted by atomic mass is 32.2. The number of rotatable bonds is 5. The maximum atomic E-state index is 12.0. The van der Waals surface area contributed by atoms with E-state index in [2.05, 4.69) is 9.71 Å². The fourth-order valence-corrected chi connectivity index (χ4v) is 3.97. The summed E-state index contributed by atoms with van der Waals surface area (Å²) in [6, 6.07) is 15.2. The Morgan fingerprint density at radius 2 is 1.78 bits per heavy atom. The van der Waals surface area contributed by atoms with Crippen LogP contribution in [0.4, 0.5) is 5.69 Å². The number of benzene rings is 2. The molecule has 0 saturated heterocycles. The van der Waals surface area contributed by atoms with Gasteiger partial charge < -0.3 is 0 Å². The predicted octanol–water partition coefficient (Wildman–Crippen LogP) is 3.42. The molecule has 0 unspecified atom stereocenters. The topological polar surface area (TPSA) is 64.0 Å². The molecule has 23 heavy (non-hydrogen) atoms. The maximum Gasteiger partial charge on any atom is 0.232 e. The standard InChI is InChI=1S/C17H19N3O2S/c1-13(2)11-23(21,22)19-14-7-9-15(10-8-14)20-12-18-16-5-3-4-6-17(16)20/h3-10,12-13,19H,11H2,1-2H3. The Morgan fingerprint density at radius 1 is 1.09 bits per heavy atom. The Bertz CT molecular complexity index is 912. The first kappa shape index (κ1) is 15.6. The second-order valence-corrected chi connectivity index (χ2v) is 7.69. The normalized spacial score (nSPS) is 12.0. The van der Waals surface area contributed by atoms with Crippen LogP contribution >= 0.6 is 0 Å². The Kier molecular flexibility index (Phi) is 4.09. The van der Waals surface area contributed by atoms with Crippen LogP contribution in [0.25, 0.3) is 16.7 Å². The van der Waals surface area contributed by atoms with Gasteiger partial charge in [-0.2, -0.15) is 0 Å². The number of anilines is 1. The minimum absolute atomic E-state index is 0.0871.